The molecule has 3 aliphatic rings. The first-order chi connectivity index (χ1) is 15.1. The van der Waals surface area contributed by atoms with Crippen LogP contribution < -0.4 is 15.4 Å². The molecule has 2 aromatic carbocycles. The normalized spacial score (nSPS) is 25.1. The fourth-order valence-electron chi connectivity index (χ4n) is 4.57. The molecule has 6 nitrogen and oxygen atoms in total. The van der Waals surface area contributed by atoms with E-state index in [0.717, 1.165) is 36.4 Å². The lowest BCUT2D eigenvalue weighted by Gasteiger charge is -2.37. The molecule has 2 fully saturated rings. The van der Waals surface area contributed by atoms with Crippen molar-refractivity contribution in [1.29, 1.82) is 0 Å². The van der Waals surface area contributed by atoms with Crippen molar-refractivity contribution in [3.63, 3.8) is 0 Å². The second-order valence-electron chi connectivity index (χ2n) is 8.61. The van der Waals surface area contributed by atoms with Crippen LogP contribution in [-0.2, 0) is 17.9 Å². The Bertz CT molecular complexity index is 1020. The maximum absolute atomic E-state index is 12.9. The number of benzene rings is 2. The lowest BCUT2D eigenvalue weighted by atomic mass is 9.88. The van der Waals surface area contributed by atoms with Gasteiger partial charge in [0.25, 0.3) is 5.91 Å². The largest absolute Gasteiger partial charge is 0.489 e. The summed E-state index contributed by atoms with van der Waals surface area (Å²) in [4.78, 5) is 26.9. The topological polar surface area (TPSA) is 70.7 Å². The van der Waals surface area contributed by atoms with Crippen LogP contribution in [0.5, 0.6) is 5.75 Å². The molecule has 6 heteroatoms. The molecular weight excluding hydrogens is 390 g/mol. The maximum atomic E-state index is 12.9. The van der Waals surface area contributed by atoms with Gasteiger partial charge in [0.2, 0.25) is 5.91 Å². The molecule has 3 unspecified atom stereocenters. The minimum atomic E-state index is -0.437. The number of hydrogen-bond donors (Lipinski definition) is 2. The summed E-state index contributed by atoms with van der Waals surface area (Å²) in [5.41, 5.74) is 3.57. The Morgan fingerprint density at radius 1 is 1.10 bits per heavy atom. The molecule has 2 aromatic rings. The Labute approximate surface area is 182 Å². The minimum absolute atomic E-state index is 0.0831. The average molecular weight is 418 g/mol. The molecule has 0 bridgehead atoms. The number of piperidine rings is 1. The second kappa shape index (κ2) is 8.19. The number of amides is 2. The van der Waals surface area contributed by atoms with Crippen molar-refractivity contribution >= 4 is 11.8 Å². The number of ether oxygens (including phenoxy) is 1. The number of hydrogen-bond acceptors (Lipinski definition) is 4. The zero-order valence-corrected chi connectivity index (χ0v) is 17.5. The van der Waals surface area contributed by atoms with Gasteiger partial charge in [-0.15, -0.1) is 0 Å². The number of nitrogens with one attached hydrogen (secondary N) is 2. The molecule has 1 aliphatic carbocycles. The fraction of sp³-hybridized carbons (Fsp3) is 0.360. The van der Waals surface area contributed by atoms with Crippen LogP contribution in [0.3, 0.4) is 0 Å². The number of nitrogens with zero attached hydrogens (tertiary/aromatic N) is 1. The molecule has 2 heterocycles. The summed E-state index contributed by atoms with van der Waals surface area (Å²) in [5.74, 6) is 0.557. The Morgan fingerprint density at radius 2 is 1.94 bits per heavy atom. The van der Waals surface area contributed by atoms with Crippen LogP contribution in [-0.4, -0.2) is 34.9 Å². The summed E-state index contributed by atoms with van der Waals surface area (Å²) in [6.07, 6.45) is 3.55. The van der Waals surface area contributed by atoms with E-state index in [9.17, 15) is 9.59 Å². The van der Waals surface area contributed by atoms with E-state index >= 15 is 0 Å². The quantitative estimate of drug-likeness (QED) is 0.758. The summed E-state index contributed by atoms with van der Waals surface area (Å²) in [6, 6.07) is 15.9. The van der Waals surface area contributed by atoms with Gasteiger partial charge in [-0.2, -0.15) is 0 Å². The van der Waals surface area contributed by atoms with Crippen molar-refractivity contribution in [3.8, 4) is 5.75 Å². The van der Waals surface area contributed by atoms with E-state index in [-0.39, 0.29) is 17.9 Å². The molecule has 3 atom stereocenters. The molecule has 2 aliphatic heterocycles. The van der Waals surface area contributed by atoms with Crippen LogP contribution >= 0.6 is 0 Å². The average Bonchev–Trinajstić information content (AvgIpc) is 3.08. The standard InChI is InChI=1S/C25H27N3O3/c1-16-7-11-22(24(29)27-16)28-15-18-13-19(8-9-20(18)25(28)30)31-23-12-10-21(23)26-14-17-5-3-2-4-6-17/h2-6,8-9,13,21-23,26H,1,7,10-12,14-15H2,(H,27,29). The van der Waals surface area contributed by atoms with Crippen LogP contribution in [0.15, 0.2) is 60.8 Å². The molecule has 2 N–H and O–H groups in total. The van der Waals surface area contributed by atoms with E-state index in [1.807, 2.05) is 36.4 Å². The highest BCUT2D eigenvalue weighted by atomic mass is 16.5. The number of rotatable bonds is 6. The van der Waals surface area contributed by atoms with Gasteiger partial charge >= 0.3 is 0 Å². The monoisotopic (exact) mass is 417 g/mol. The van der Waals surface area contributed by atoms with Crippen molar-refractivity contribution in [2.75, 3.05) is 0 Å². The Kier molecular flexibility index (Phi) is 5.24. The summed E-state index contributed by atoms with van der Waals surface area (Å²) in [5, 5.41) is 6.36. The van der Waals surface area contributed by atoms with Crippen LogP contribution in [0.2, 0.25) is 0 Å². The molecule has 0 aromatic heterocycles. The van der Waals surface area contributed by atoms with Gasteiger partial charge in [-0.05, 0) is 55.0 Å². The van der Waals surface area contributed by atoms with Gasteiger partial charge in [-0.25, -0.2) is 0 Å². The maximum Gasteiger partial charge on any atom is 0.255 e. The first-order valence-corrected chi connectivity index (χ1v) is 10.9. The van der Waals surface area contributed by atoms with Crippen LogP contribution in [0.4, 0.5) is 0 Å². The van der Waals surface area contributed by atoms with Crippen molar-refractivity contribution in [2.24, 2.45) is 0 Å². The zero-order valence-electron chi connectivity index (χ0n) is 17.5. The highest BCUT2D eigenvalue weighted by Gasteiger charge is 2.38. The smallest absolute Gasteiger partial charge is 0.255 e. The number of allylic oxidation sites excluding steroid dienone is 1. The molecule has 5 rings (SSSR count). The van der Waals surface area contributed by atoms with E-state index in [4.69, 9.17) is 4.74 Å². The molecule has 0 radical (unpaired) electrons. The van der Waals surface area contributed by atoms with Gasteiger partial charge in [0.1, 0.15) is 17.9 Å². The first kappa shape index (κ1) is 19.8. The Balaban J connectivity index is 1.21. The summed E-state index contributed by atoms with van der Waals surface area (Å²) in [7, 11) is 0. The van der Waals surface area contributed by atoms with Crippen molar-refractivity contribution in [1.82, 2.24) is 15.5 Å². The van der Waals surface area contributed by atoms with Gasteiger partial charge < -0.3 is 20.3 Å². The lowest BCUT2D eigenvalue weighted by molar-refractivity contribution is -0.126. The summed E-state index contributed by atoms with van der Waals surface area (Å²) < 4.78 is 6.24. The summed E-state index contributed by atoms with van der Waals surface area (Å²) >= 11 is 0. The third kappa shape index (κ3) is 3.95. The Morgan fingerprint density at radius 3 is 2.68 bits per heavy atom. The third-order valence-corrected chi connectivity index (χ3v) is 6.52. The summed E-state index contributed by atoms with van der Waals surface area (Å²) in [6.45, 7) is 5.09. The minimum Gasteiger partial charge on any atom is -0.489 e. The van der Waals surface area contributed by atoms with E-state index < -0.39 is 6.04 Å². The SMILES string of the molecule is C=C1CCC(N2Cc3cc(OC4CCC4NCc4ccccc4)ccc3C2=O)C(=O)N1. The number of carbonyl (C=O) groups excluding carboxylic acids is 2. The molecule has 0 spiro atoms. The number of fused-ring (bicyclic) bond motifs is 1. The van der Waals surface area contributed by atoms with Gasteiger partial charge in [0.05, 0.1) is 0 Å². The van der Waals surface area contributed by atoms with E-state index in [1.165, 1.54) is 5.56 Å². The molecular formula is C25H27N3O3. The van der Waals surface area contributed by atoms with Gasteiger partial charge in [-0.3, -0.25) is 9.59 Å². The van der Waals surface area contributed by atoms with E-state index in [1.54, 1.807) is 4.90 Å². The van der Waals surface area contributed by atoms with Gasteiger partial charge in [0, 0.05) is 30.4 Å². The molecule has 2 amide bonds. The van der Waals surface area contributed by atoms with Crippen molar-refractivity contribution < 1.29 is 14.3 Å². The molecule has 31 heavy (non-hydrogen) atoms. The van der Waals surface area contributed by atoms with E-state index in [2.05, 4.69) is 29.3 Å². The van der Waals surface area contributed by atoms with E-state index in [0.29, 0.717) is 31.0 Å². The third-order valence-electron chi connectivity index (χ3n) is 6.52. The van der Waals surface area contributed by atoms with Crippen LogP contribution in [0.25, 0.3) is 0 Å². The first-order valence-electron chi connectivity index (χ1n) is 10.9. The fourth-order valence-corrected chi connectivity index (χ4v) is 4.57. The molecule has 1 saturated carbocycles. The van der Waals surface area contributed by atoms with Crippen LogP contribution in [0.1, 0.15) is 47.2 Å². The van der Waals surface area contributed by atoms with Crippen molar-refractivity contribution in [3.05, 3.63) is 77.5 Å². The molecule has 160 valence electrons. The highest BCUT2D eigenvalue weighted by Crippen LogP contribution is 2.33. The van der Waals surface area contributed by atoms with Gasteiger partial charge in [-0.1, -0.05) is 36.9 Å². The predicted molar refractivity (Wildman–Crippen MR) is 117 cm³/mol. The van der Waals surface area contributed by atoms with Crippen LogP contribution in [0, 0.1) is 0 Å². The Hall–Kier alpha value is -3.12. The van der Waals surface area contributed by atoms with Gasteiger partial charge in [0.15, 0.2) is 0 Å². The molecule has 1 saturated heterocycles. The van der Waals surface area contributed by atoms with Crippen molar-refractivity contribution in [2.45, 2.75) is 57.0 Å². The zero-order chi connectivity index (χ0) is 21.4. The lowest BCUT2D eigenvalue weighted by Crippen LogP contribution is -2.50. The number of carbonyl (C=O) groups is 2. The second-order valence-corrected chi connectivity index (χ2v) is 8.61. The highest BCUT2D eigenvalue weighted by molar-refractivity contribution is 6.01. The predicted octanol–water partition coefficient (Wildman–Crippen LogP) is 3.13.